The highest BCUT2D eigenvalue weighted by Gasteiger charge is 2.11. The molecule has 2 aromatic rings. The van der Waals surface area contributed by atoms with E-state index in [1.165, 1.54) is 38.9 Å². The second-order valence-electron chi connectivity index (χ2n) is 7.00. The third-order valence-electron chi connectivity index (χ3n) is 4.75. The number of anilines is 3. The third-order valence-corrected chi connectivity index (χ3v) is 5.00. The van der Waals surface area contributed by atoms with E-state index < -0.39 is 0 Å². The molecule has 0 spiro atoms. The van der Waals surface area contributed by atoms with Crippen molar-refractivity contribution in [1.29, 1.82) is 0 Å². The molecular formula is C20H29Cl2N5. The summed E-state index contributed by atoms with van der Waals surface area (Å²) in [6.07, 6.45) is 5.24. The fourth-order valence-electron chi connectivity index (χ4n) is 3.29. The van der Waals surface area contributed by atoms with Crippen LogP contribution >= 0.6 is 24.0 Å². The minimum absolute atomic E-state index is 0. The Kier molecular flexibility index (Phi) is 8.61. The predicted molar refractivity (Wildman–Crippen MR) is 117 cm³/mol. The Morgan fingerprint density at radius 3 is 2.52 bits per heavy atom. The molecule has 1 aliphatic rings. The molecule has 1 aromatic carbocycles. The SMILES string of the molecule is Cc1cc(N(C)CCCN2CCCCC2)nc(Nc2ccc(Cl)cc2)n1.Cl. The smallest absolute Gasteiger partial charge is 0.229 e. The molecule has 0 radical (unpaired) electrons. The fraction of sp³-hybridized carbons (Fsp3) is 0.500. The molecule has 1 saturated heterocycles. The molecule has 0 amide bonds. The Morgan fingerprint density at radius 1 is 1.11 bits per heavy atom. The first-order chi connectivity index (χ1) is 12.6. The Bertz CT molecular complexity index is 702. The molecule has 2 heterocycles. The van der Waals surface area contributed by atoms with Crippen molar-refractivity contribution in [2.45, 2.75) is 32.6 Å². The molecule has 0 bridgehead atoms. The van der Waals surface area contributed by atoms with Gasteiger partial charge in [0.25, 0.3) is 0 Å². The van der Waals surface area contributed by atoms with E-state index in [1.807, 2.05) is 37.3 Å². The summed E-state index contributed by atoms with van der Waals surface area (Å²) in [6.45, 7) is 6.67. The maximum absolute atomic E-state index is 5.94. The van der Waals surface area contributed by atoms with E-state index in [2.05, 4.69) is 32.1 Å². The van der Waals surface area contributed by atoms with Crippen LogP contribution in [0.2, 0.25) is 5.02 Å². The molecule has 0 unspecified atom stereocenters. The monoisotopic (exact) mass is 409 g/mol. The van der Waals surface area contributed by atoms with Gasteiger partial charge in [0.1, 0.15) is 5.82 Å². The lowest BCUT2D eigenvalue weighted by Gasteiger charge is -2.27. The van der Waals surface area contributed by atoms with Crippen LogP contribution in [0.15, 0.2) is 30.3 Å². The number of hydrogen-bond acceptors (Lipinski definition) is 5. The lowest BCUT2D eigenvalue weighted by molar-refractivity contribution is 0.227. The van der Waals surface area contributed by atoms with Crippen molar-refractivity contribution >= 4 is 41.5 Å². The zero-order chi connectivity index (χ0) is 18.4. The molecule has 27 heavy (non-hydrogen) atoms. The summed E-state index contributed by atoms with van der Waals surface area (Å²) in [5.74, 6) is 1.57. The molecule has 0 atom stereocenters. The Hall–Kier alpha value is -1.56. The average Bonchev–Trinajstić information content (AvgIpc) is 2.64. The minimum Gasteiger partial charge on any atom is -0.359 e. The molecule has 0 saturated carbocycles. The summed E-state index contributed by atoms with van der Waals surface area (Å²) < 4.78 is 0. The molecule has 0 aliphatic carbocycles. The maximum atomic E-state index is 5.94. The quantitative estimate of drug-likeness (QED) is 0.702. The third kappa shape index (κ3) is 6.83. The van der Waals surface area contributed by atoms with Crippen molar-refractivity contribution in [3.05, 3.63) is 41.0 Å². The van der Waals surface area contributed by atoms with Gasteiger partial charge in [-0.25, -0.2) is 4.98 Å². The van der Waals surface area contributed by atoms with Gasteiger partial charge in [-0.3, -0.25) is 0 Å². The maximum Gasteiger partial charge on any atom is 0.229 e. The van der Waals surface area contributed by atoms with E-state index in [-0.39, 0.29) is 12.4 Å². The first-order valence-electron chi connectivity index (χ1n) is 9.42. The van der Waals surface area contributed by atoms with E-state index in [1.54, 1.807) is 0 Å². The van der Waals surface area contributed by atoms with Crippen LogP contribution in [0.1, 0.15) is 31.4 Å². The van der Waals surface area contributed by atoms with Crippen LogP contribution in [0.3, 0.4) is 0 Å². The fourth-order valence-corrected chi connectivity index (χ4v) is 3.42. The number of piperidine rings is 1. The zero-order valence-corrected chi connectivity index (χ0v) is 17.7. The number of rotatable bonds is 7. The molecule has 1 aromatic heterocycles. The second kappa shape index (κ2) is 10.7. The predicted octanol–water partition coefficient (Wildman–Crippen LogP) is 4.92. The van der Waals surface area contributed by atoms with Crippen LogP contribution in [-0.4, -0.2) is 48.1 Å². The number of halogens is 2. The van der Waals surface area contributed by atoms with Gasteiger partial charge in [-0.1, -0.05) is 18.0 Å². The highest BCUT2D eigenvalue weighted by Crippen LogP contribution is 2.19. The van der Waals surface area contributed by atoms with Crippen molar-refractivity contribution in [2.75, 3.05) is 43.4 Å². The topological polar surface area (TPSA) is 44.3 Å². The Morgan fingerprint density at radius 2 is 1.81 bits per heavy atom. The van der Waals surface area contributed by atoms with E-state index in [0.29, 0.717) is 5.95 Å². The van der Waals surface area contributed by atoms with Gasteiger partial charge in [0.2, 0.25) is 5.95 Å². The van der Waals surface area contributed by atoms with Gasteiger partial charge in [-0.15, -0.1) is 12.4 Å². The normalized spacial score (nSPS) is 14.5. The molecule has 7 heteroatoms. The summed E-state index contributed by atoms with van der Waals surface area (Å²) in [7, 11) is 2.10. The highest BCUT2D eigenvalue weighted by molar-refractivity contribution is 6.30. The number of likely N-dealkylation sites (tertiary alicyclic amines) is 1. The number of hydrogen-bond donors (Lipinski definition) is 1. The molecule has 5 nitrogen and oxygen atoms in total. The van der Waals surface area contributed by atoms with E-state index in [4.69, 9.17) is 11.6 Å². The van der Waals surface area contributed by atoms with E-state index in [0.717, 1.165) is 35.2 Å². The number of aryl methyl sites for hydroxylation is 1. The number of nitrogens with one attached hydrogen (secondary N) is 1. The molecule has 1 fully saturated rings. The van der Waals surface area contributed by atoms with Crippen molar-refractivity contribution in [1.82, 2.24) is 14.9 Å². The van der Waals surface area contributed by atoms with Crippen molar-refractivity contribution in [3.8, 4) is 0 Å². The first-order valence-corrected chi connectivity index (χ1v) is 9.80. The van der Waals surface area contributed by atoms with Crippen LogP contribution in [0.4, 0.5) is 17.5 Å². The van der Waals surface area contributed by atoms with Gasteiger partial charge in [0.05, 0.1) is 0 Å². The largest absolute Gasteiger partial charge is 0.359 e. The summed E-state index contributed by atoms with van der Waals surface area (Å²) in [5.41, 5.74) is 1.88. The van der Waals surface area contributed by atoms with Crippen molar-refractivity contribution in [3.63, 3.8) is 0 Å². The van der Waals surface area contributed by atoms with Gasteiger partial charge in [-0.05, 0) is 70.1 Å². The van der Waals surface area contributed by atoms with E-state index >= 15 is 0 Å². The van der Waals surface area contributed by atoms with E-state index in [9.17, 15) is 0 Å². The van der Waals surface area contributed by atoms with Crippen LogP contribution in [0.25, 0.3) is 0 Å². The summed E-state index contributed by atoms with van der Waals surface area (Å²) in [6, 6.07) is 9.60. The summed E-state index contributed by atoms with van der Waals surface area (Å²) in [4.78, 5) is 14.0. The molecule has 1 N–H and O–H groups in total. The van der Waals surface area contributed by atoms with Crippen molar-refractivity contribution < 1.29 is 0 Å². The molecule has 1 aliphatic heterocycles. The molecule has 3 rings (SSSR count). The van der Waals surface area contributed by atoms with Crippen LogP contribution in [-0.2, 0) is 0 Å². The van der Waals surface area contributed by atoms with Crippen LogP contribution in [0, 0.1) is 6.92 Å². The average molecular weight is 410 g/mol. The Balaban J connectivity index is 0.00000261. The first kappa shape index (κ1) is 21.7. The van der Waals surface area contributed by atoms with Gasteiger partial charge < -0.3 is 15.1 Å². The Labute approximate surface area is 173 Å². The lowest BCUT2D eigenvalue weighted by atomic mass is 10.1. The number of benzene rings is 1. The van der Waals surface area contributed by atoms with Crippen LogP contribution < -0.4 is 10.2 Å². The van der Waals surface area contributed by atoms with Crippen LogP contribution in [0.5, 0.6) is 0 Å². The number of aromatic nitrogens is 2. The van der Waals surface area contributed by atoms with Gasteiger partial charge in [0, 0.05) is 36.1 Å². The van der Waals surface area contributed by atoms with Crippen molar-refractivity contribution in [2.24, 2.45) is 0 Å². The minimum atomic E-state index is 0. The summed E-state index contributed by atoms with van der Waals surface area (Å²) >= 11 is 5.94. The van der Waals surface area contributed by atoms with Gasteiger partial charge >= 0.3 is 0 Å². The zero-order valence-electron chi connectivity index (χ0n) is 16.1. The highest BCUT2D eigenvalue weighted by atomic mass is 35.5. The molecular weight excluding hydrogens is 381 g/mol. The second-order valence-corrected chi connectivity index (χ2v) is 7.44. The van der Waals surface area contributed by atoms with Gasteiger partial charge in [0.15, 0.2) is 0 Å². The molecule has 148 valence electrons. The summed E-state index contributed by atoms with van der Waals surface area (Å²) in [5, 5.41) is 3.98. The lowest BCUT2D eigenvalue weighted by Crippen LogP contribution is -2.32. The number of nitrogens with zero attached hydrogens (tertiary/aromatic N) is 4. The van der Waals surface area contributed by atoms with Gasteiger partial charge in [-0.2, -0.15) is 4.98 Å². The standard InChI is InChI=1S/C20H28ClN5.ClH/c1-16-15-19(25(2)11-6-14-26-12-4-3-5-13-26)24-20(22-16)23-18-9-7-17(21)8-10-18;/h7-10,15H,3-6,11-14H2,1-2H3,(H,22,23,24);1H.